The van der Waals surface area contributed by atoms with Gasteiger partial charge in [0, 0.05) is 20.0 Å². The fraction of sp³-hybridized carbons (Fsp3) is 0.364. The minimum Gasteiger partial charge on any atom is -0.497 e. The van der Waals surface area contributed by atoms with Crippen LogP contribution in [0.25, 0.3) is 0 Å². The van der Waals surface area contributed by atoms with Gasteiger partial charge in [-0.15, -0.1) is 0 Å². The van der Waals surface area contributed by atoms with Crippen molar-refractivity contribution in [1.82, 2.24) is 9.80 Å². The maximum absolute atomic E-state index is 12.7. The zero-order valence-electron chi connectivity index (χ0n) is 16.8. The second kappa shape index (κ2) is 11.0. The van der Waals surface area contributed by atoms with Crippen molar-refractivity contribution >= 4 is 11.8 Å². The van der Waals surface area contributed by atoms with E-state index in [0.717, 1.165) is 11.3 Å². The predicted molar refractivity (Wildman–Crippen MR) is 108 cm³/mol. The molecule has 0 saturated carbocycles. The van der Waals surface area contributed by atoms with Gasteiger partial charge in [-0.2, -0.15) is 0 Å². The first-order valence-corrected chi connectivity index (χ1v) is 9.37. The number of carbonyl (C=O) groups excluding carboxylic acids is 2. The first-order chi connectivity index (χ1) is 13.5. The molecule has 0 fully saturated rings. The van der Waals surface area contributed by atoms with E-state index in [9.17, 15) is 9.59 Å². The SMILES string of the molecule is CCN(Cc1ccccc1)C(=O)CN(CCOc1ccc(OC)cc1)C(C)=O. The molecule has 28 heavy (non-hydrogen) atoms. The maximum Gasteiger partial charge on any atom is 0.242 e. The number of nitrogens with zero attached hydrogens (tertiary/aromatic N) is 2. The molecule has 2 aromatic carbocycles. The summed E-state index contributed by atoms with van der Waals surface area (Å²) in [5.74, 6) is 1.21. The van der Waals surface area contributed by atoms with Crippen LogP contribution >= 0.6 is 0 Å². The lowest BCUT2D eigenvalue weighted by Crippen LogP contribution is -2.43. The van der Waals surface area contributed by atoms with Crippen molar-refractivity contribution in [1.29, 1.82) is 0 Å². The van der Waals surface area contributed by atoms with Crippen LogP contribution in [0.15, 0.2) is 54.6 Å². The number of ether oxygens (including phenoxy) is 2. The lowest BCUT2D eigenvalue weighted by Gasteiger charge is -2.26. The quantitative estimate of drug-likeness (QED) is 0.632. The number of amides is 2. The van der Waals surface area contributed by atoms with Crippen LogP contribution in [0.5, 0.6) is 11.5 Å². The molecule has 150 valence electrons. The van der Waals surface area contributed by atoms with Gasteiger partial charge in [0.15, 0.2) is 0 Å². The van der Waals surface area contributed by atoms with Crippen LogP contribution in [-0.2, 0) is 16.1 Å². The second-order valence-corrected chi connectivity index (χ2v) is 6.36. The van der Waals surface area contributed by atoms with Crippen molar-refractivity contribution < 1.29 is 19.1 Å². The molecule has 0 spiro atoms. The normalized spacial score (nSPS) is 10.2. The maximum atomic E-state index is 12.7. The number of carbonyl (C=O) groups is 2. The van der Waals surface area contributed by atoms with Gasteiger partial charge in [0.05, 0.1) is 20.2 Å². The molecule has 6 nitrogen and oxygen atoms in total. The van der Waals surface area contributed by atoms with Gasteiger partial charge in [-0.1, -0.05) is 30.3 Å². The van der Waals surface area contributed by atoms with E-state index in [4.69, 9.17) is 9.47 Å². The molecule has 0 atom stereocenters. The van der Waals surface area contributed by atoms with E-state index in [1.165, 1.54) is 11.8 Å². The second-order valence-electron chi connectivity index (χ2n) is 6.36. The lowest BCUT2D eigenvalue weighted by molar-refractivity contribution is -0.139. The molecule has 0 aliphatic rings. The molecule has 0 radical (unpaired) electrons. The molecule has 0 heterocycles. The van der Waals surface area contributed by atoms with E-state index in [1.54, 1.807) is 24.1 Å². The van der Waals surface area contributed by atoms with Crippen LogP contribution < -0.4 is 9.47 Å². The van der Waals surface area contributed by atoms with Crippen molar-refractivity contribution in [3.05, 3.63) is 60.2 Å². The number of likely N-dealkylation sites (N-methyl/N-ethyl adjacent to an activating group) is 1. The molecule has 0 aliphatic heterocycles. The lowest BCUT2D eigenvalue weighted by atomic mass is 10.2. The zero-order chi connectivity index (χ0) is 20.4. The summed E-state index contributed by atoms with van der Waals surface area (Å²) in [7, 11) is 1.61. The van der Waals surface area contributed by atoms with Crippen molar-refractivity contribution in [3.63, 3.8) is 0 Å². The number of methoxy groups -OCH3 is 1. The molecule has 2 amide bonds. The van der Waals surface area contributed by atoms with Gasteiger partial charge < -0.3 is 19.3 Å². The van der Waals surface area contributed by atoms with E-state index in [2.05, 4.69) is 0 Å². The van der Waals surface area contributed by atoms with Gasteiger partial charge >= 0.3 is 0 Å². The Morgan fingerprint density at radius 1 is 0.929 bits per heavy atom. The Balaban J connectivity index is 1.87. The zero-order valence-corrected chi connectivity index (χ0v) is 16.8. The van der Waals surface area contributed by atoms with Crippen LogP contribution in [0.2, 0.25) is 0 Å². The van der Waals surface area contributed by atoms with Gasteiger partial charge in [-0.05, 0) is 36.8 Å². The molecule has 2 aromatic rings. The summed E-state index contributed by atoms with van der Waals surface area (Å²) in [4.78, 5) is 27.9. The summed E-state index contributed by atoms with van der Waals surface area (Å²) in [6.45, 7) is 5.22. The van der Waals surface area contributed by atoms with E-state index >= 15 is 0 Å². The smallest absolute Gasteiger partial charge is 0.242 e. The summed E-state index contributed by atoms with van der Waals surface area (Å²) in [5, 5.41) is 0. The highest BCUT2D eigenvalue weighted by atomic mass is 16.5. The predicted octanol–water partition coefficient (Wildman–Crippen LogP) is 2.97. The van der Waals surface area contributed by atoms with Gasteiger partial charge in [0.2, 0.25) is 11.8 Å². The summed E-state index contributed by atoms with van der Waals surface area (Å²) in [6, 6.07) is 17.1. The van der Waals surface area contributed by atoms with E-state index < -0.39 is 0 Å². The highest BCUT2D eigenvalue weighted by molar-refractivity contribution is 5.83. The largest absolute Gasteiger partial charge is 0.497 e. The monoisotopic (exact) mass is 384 g/mol. The van der Waals surface area contributed by atoms with Gasteiger partial charge in [-0.25, -0.2) is 0 Å². The molecule has 0 aromatic heterocycles. The van der Waals surface area contributed by atoms with Crippen molar-refractivity contribution in [2.75, 3.05) is 33.4 Å². The Bertz CT molecular complexity index is 747. The summed E-state index contributed by atoms with van der Waals surface area (Å²) < 4.78 is 10.8. The van der Waals surface area contributed by atoms with Crippen molar-refractivity contribution in [2.45, 2.75) is 20.4 Å². The minimum atomic E-state index is -0.151. The summed E-state index contributed by atoms with van der Waals surface area (Å²) in [6.07, 6.45) is 0. The van der Waals surface area contributed by atoms with Crippen LogP contribution in [0.3, 0.4) is 0 Å². The van der Waals surface area contributed by atoms with Gasteiger partial charge in [0.25, 0.3) is 0 Å². The molecule has 0 aliphatic carbocycles. The van der Waals surface area contributed by atoms with Crippen LogP contribution in [0, 0.1) is 0 Å². The fourth-order valence-corrected chi connectivity index (χ4v) is 2.74. The van der Waals surface area contributed by atoms with Gasteiger partial charge in [-0.3, -0.25) is 9.59 Å². The highest BCUT2D eigenvalue weighted by Gasteiger charge is 2.18. The molecule has 0 unspecified atom stereocenters. The standard InChI is InChI=1S/C22H28N2O4/c1-4-23(16-19-8-6-5-7-9-19)22(26)17-24(18(2)25)14-15-28-21-12-10-20(27-3)11-13-21/h5-13H,4,14-17H2,1-3H3. The van der Waals surface area contributed by atoms with Crippen LogP contribution in [0.1, 0.15) is 19.4 Å². The van der Waals surface area contributed by atoms with Crippen molar-refractivity contribution in [2.24, 2.45) is 0 Å². The van der Waals surface area contributed by atoms with E-state index in [-0.39, 0.29) is 18.4 Å². The Hall–Kier alpha value is -3.02. The molecule has 0 bridgehead atoms. The molecular formula is C22H28N2O4. The fourth-order valence-electron chi connectivity index (χ4n) is 2.74. The summed E-state index contributed by atoms with van der Waals surface area (Å²) >= 11 is 0. The van der Waals surface area contributed by atoms with Gasteiger partial charge in [0.1, 0.15) is 18.1 Å². The average Bonchev–Trinajstić information content (AvgIpc) is 2.72. The topological polar surface area (TPSA) is 59.1 Å². The summed E-state index contributed by atoms with van der Waals surface area (Å²) in [5.41, 5.74) is 1.06. The third kappa shape index (κ3) is 6.61. The molecular weight excluding hydrogens is 356 g/mol. The third-order valence-corrected chi connectivity index (χ3v) is 4.41. The molecule has 2 rings (SSSR count). The Morgan fingerprint density at radius 3 is 2.14 bits per heavy atom. The number of hydrogen-bond acceptors (Lipinski definition) is 4. The number of hydrogen-bond donors (Lipinski definition) is 0. The third-order valence-electron chi connectivity index (χ3n) is 4.41. The molecule has 0 N–H and O–H groups in total. The van der Waals surface area contributed by atoms with Crippen LogP contribution in [0.4, 0.5) is 0 Å². The first-order valence-electron chi connectivity index (χ1n) is 9.37. The number of rotatable bonds is 10. The van der Waals surface area contributed by atoms with Crippen LogP contribution in [-0.4, -0.2) is 55.0 Å². The Morgan fingerprint density at radius 2 is 1.57 bits per heavy atom. The first kappa shape index (κ1) is 21.3. The van der Waals surface area contributed by atoms with Crippen molar-refractivity contribution in [3.8, 4) is 11.5 Å². The molecule has 6 heteroatoms. The van der Waals surface area contributed by atoms with E-state index in [0.29, 0.717) is 32.0 Å². The molecule has 0 saturated heterocycles. The number of benzene rings is 2. The Kier molecular flexibility index (Phi) is 8.34. The van der Waals surface area contributed by atoms with E-state index in [1.807, 2.05) is 49.4 Å². The highest BCUT2D eigenvalue weighted by Crippen LogP contribution is 2.16. The Labute approximate surface area is 166 Å². The average molecular weight is 384 g/mol. The minimum absolute atomic E-state index is 0.0436.